The molecule has 1 atom stereocenters. The highest BCUT2D eigenvalue weighted by Crippen LogP contribution is 2.25. The van der Waals surface area contributed by atoms with E-state index in [1.54, 1.807) is 17.0 Å². The summed E-state index contributed by atoms with van der Waals surface area (Å²) in [5.41, 5.74) is 2.90. The van der Waals surface area contributed by atoms with E-state index in [-0.39, 0.29) is 23.6 Å². The van der Waals surface area contributed by atoms with Gasteiger partial charge in [0.25, 0.3) is 0 Å². The van der Waals surface area contributed by atoms with E-state index in [1.807, 2.05) is 80.6 Å². The first kappa shape index (κ1) is 27.1. The third-order valence-electron chi connectivity index (χ3n) is 5.40. The summed E-state index contributed by atoms with van der Waals surface area (Å²) in [5, 5.41) is 4.17. The summed E-state index contributed by atoms with van der Waals surface area (Å²) in [6.45, 7) is 4.20. The van der Waals surface area contributed by atoms with Crippen LogP contribution in [0.25, 0.3) is 0 Å². The minimum absolute atomic E-state index is 0.0316. The summed E-state index contributed by atoms with van der Waals surface area (Å²) in [7, 11) is 0. The number of nitrogens with one attached hydrogen (secondary N) is 1. The Balaban J connectivity index is 1.82. The van der Waals surface area contributed by atoms with E-state index in [9.17, 15) is 9.59 Å². The number of hydrogen-bond donors (Lipinski definition) is 1. The van der Waals surface area contributed by atoms with E-state index < -0.39 is 6.04 Å². The smallest absolute Gasteiger partial charge is 0.243 e. The lowest BCUT2D eigenvalue weighted by atomic mass is 10.0. The molecule has 0 aliphatic heterocycles. The first-order chi connectivity index (χ1) is 16.8. The largest absolute Gasteiger partial charge is 0.352 e. The molecule has 35 heavy (non-hydrogen) atoms. The van der Waals surface area contributed by atoms with Crippen LogP contribution in [-0.4, -0.2) is 34.6 Å². The zero-order chi connectivity index (χ0) is 25.2. The normalized spacial score (nSPS) is 11.8. The highest BCUT2D eigenvalue weighted by molar-refractivity contribution is 7.99. The van der Waals surface area contributed by atoms with Crippen molar-refractivity contribution >= 4 is 46.8 Å². The Hall–Kier alpha value is -2.47. The summed E-state index contributed by atoms with van der Waals surface area (Å²) in [6, 6.07) is 24.3. The number of halogens is 2. The van der Waals surface area contributed by atoms with Gasteiger partial charge < -0.3 is 10.2 Å². The minimum atomic E-state index is -0.632. The first-order valence-electron chi connectivity index (χ1n) is 11.5. The van der Waals surface area contributed by atoms with E-state index in [0.29, 0.717) is 28.8 Å². The van der Waals surface area contributed by atoms with Crippen LogP contribution >= 0.6 is 35.0 Å². The Bertz CT molecular complexity index is 1110. The zero-order valence-electron chi connectivity index (χ0n) is 19.9. The molecule has 0 unspecified atom stereocenters. The number of benzene rings is 3. The van der Waals surface area contributed by atoms with Crippen molar-refractivity contribution in [2.75, 3.05) is 5.75 Å². The Morgan fingerprint density at radius 2 is 1.54 bits per heavy atom. The molecule has 0 spiro atoms. The molecule has 7 heteroatoms. The van der Waals surface area contributed by atoms with Crippen LogP contribution in [-0.2, 0) is 28.3 Å². The van der Waals surface area contributed by atoms with Gasteiger partial charge in [0, 0.05) is 34.8 Å². The predicted octanol–water partition coefficient (Wildman–Crippen LogP) is 6.39. The Morgan fingerprint density at radius 1 is 0.914 bits per heavy atom. The minimum Gasteiger partial charge on any atom is -0.352 e. The number of carbonyl (C=O) groups is 2. The van der Waals surface area contributed by atoms with Crippen molar-refractivity contribution in [2.24, 2.45) is 0 Å². The van der Waals surface area contributed by atoms with Crippen LogP contribution < -0.4 is 5.32 Å². The molecule has 3 rings (SSSR count). The molecular formula is C28H30Cl2N2O2S. The number of thioether (sulfide) groups is 1. The average Bonchev–Trinajstić information content (AvgIpc) is 2.83. The second-order valence-electron chi connectivity index (χ2n) is 8.60. The van der Waals surface area contributed by atoms with Crippen LogP contribution in [0.1, 0.15) is 30.5 Å². The van der Waals surface area contributed by atoms with Crippen molar-refractivity contribution in [1.29, 1.82) is 0 Å². The zero-order valence-corrected chi connectivity index (χ0v) is 22.2. The third kappa shape index (κ3) is 8.60. The van der Waals surface area contributed by atoms with Crippen LogP contribution in [0.2, 0.25) is 10.0 Å². The maximum absolute atomic E-state index is 13.6. The Labute approximate surface area is 222 Å². The van der Waals surface area contributed by atoms with Crippen molar-refractivity contribution in [1.82, 2.24) is 10.2 Å². The molecule has 0 fully saturated rings. The lowest BCUT2D eigenvalue weighted by molar-refractivity contribution is -0.139. The van der Waals surface area contributed by atoms with Crippen LogP contribution in [0, 0.1) is 0 Å². The van der Waals surface area contributed by atoms with Gasteiger partial charge in [0.15, 0.2) is 0 Å². The monoisotopic (exact) mass is 528 g/mol. The third-order valence-corrected chi connectivity index (χ3v) is 6.95. The van der Waals surface area contributed by atoms with Gasteiger partial charge in [-0.15, -0.1) is 11.8 Å². The van der Waals surface area contributed by atoms with E-state index in [1.165, 1.54) is 11.8 Å². The molecule has 0 aliphatic carbocycles. The SMILES string of the molecule is CC(C)NC(=O)[C@@H](Cc1ccccc1)N(Cc1ccccc1)C(=O)CSCc1ccc(Cl)cc1Cl. The fourth-order valence-electron chi connectivity index (χ4n) is 3.68. The summed E-state index contributed by atoms with van der Waals surface area (Å²) in [6.07, 6.45) is 0.436. The summed E-state index contributed by atoms with van der Waals surface area (Å²) >= 11 is 13.8. The lowest BCUT2D eigenvalue weighted by Crippen LogP contribution is -2.52. The predicted molar refractivity (Wildman–Crippen MR) is 147 cm³/mol. The van der Waals surface area contributed by atoms with Crippen LogP contribution in [0.4, 0.5) is 0 Å². The quantitative estimate of drug-likeness (QED) is 0.313. The van der Waals surface area contributed by atoms with Crippen LogP contribution in [0.5, 0.6) is 0 Å². The van der Waals surface area contributed by atoms with Crippen LogP contribution in [0.15, 0.2) is 78.9 Å². The van der Waals surface area contributed by atoms with E-state index in [0.717, 1.165) is 16.7 Å². The molecule has 0 aromatic heterocycles. The van der Waals surface area contributed by atoms with Gasteiger partial charge in [0.2, 0.25) is 11.8 Å². The van der Waals surface area contributed by atoms with Crippen molar-refractivity contribution in [2.45, 2.75) is 44.6 Å². The fraction of sp³-hybridized carbons (Fsp3) is 0.286. The molecular weight excluding hydrogens is 499 g/mol. The van der Waals surface area contributed by atoms with Crippen LogP contribution in [0.3, 0.4) is 0 Å². The number of hydrogen-bond acceptors (Lipinski definition) is 3. The fourth-order valence-corrected chi connectivity index (χ4v) is 5.15. The number of amides is 2. The molecule has 0 bridgehead atoms. The topological polar surface area (TPSA) is 49.4 Å². The molecule has 0 radical (unpaired) electrons. The molecule has 0 aliphatic rings. The molecule has 0 heterocycles. The number of rotatable bonds is 11. The average molecular weight is 530 g/mol. The maximum Gasteiger partial charge on any atom is 0.243 e. The molecule has 3 aromatic rings. The summed E-state index contributed by atoms with van der Waals surface area (Å²) in [5.74, 6) is 0.553. The van der Waals surface area contributed by atoms with E-state index >= 15 is 0 Å². The summed E-state index contributed by atoms with van der Waals surface area (Å²) < 4.78 is 0. The number of carbonyl (C=O) groups excluding carboxylic acids is 2. The molecule has 3 aromatic carbocycles. The molecule has 184 valence electrons. The van der Waals surface area contributed by atoms with E-state index in [4.69, 9.17) is 23.2 Å². The molecule has 4 nitrogen and oxygen atoms in total. The Morgan fingerprint density at radius 3 is 2.14 bits per heavy atom. The van der Waals surface area contributed by atoms with Crippen molar-refractivity contribution in [3.8, 4) is 0 Å². The second kappa shape index (κ2) is 13.6. The van der Waals surface area contributed by atoms with Gasteiger partial charge in [-0.3, -0.25) is 9.59 Å². The standard InChI is InChI=1S/C28H30Cl2N2O2S/c1-20(2)31-28(34)26(15-21-9-5-3-6-10-21)32(17-22-11-7-4-8-12-22)27(33)19-35-18-23-13-14-24(29)16-25(23)30/h3-14,16,20,26H,15,17-19H2,1-2H3,(H,31,34)/t26-/m1/s1. The number of nitrogens with zero attached hydrogens (tertiary/aromatic N) is 1. The van der Waals surface area contributed by atoms with Gasteiger partial charge in [-0.2, -0.15) is 0 Å². The maximum atomic E-state index is 13.6. The highest BCUT2D eigenvalue weighted by atomic mass is 35.5. The van der Waals surface area contributed by atoms with Gasteiger partial charge in [0.05, 0.1) is 5.75 Å². The van der Waals surface area contributed by atoms with Crippen molar-refractivity contribution in [3.05, 3.63) is 106 Å². The first-order valence-corrected chi connectivity index (χ1v) is 13.4. The Kier molecular flexibility index (Phi) is 10.5. The lowest BCUT2D eigenvalue weighted by Gasteiger charge is -2.32. The highest BCUT2D eigenvalue weighted by Gasteiger charge is 2.30. The molecule has 0 saturated heterocycles. The van der Waals surface area contributed by atoms with Gasteiger partial charge in [-0.25, -0.2) is 0 Å². The molecule has 1 N–H and O–H groups in total. The van der Waals surface area contributed by atoms with Gasteiger partial charge in [-0.05, 0) is 42.7 Å². The van der Waals surface area contributed by atoms with Gasteiger partial charge in [0.1, 0.15) is 6.04 Å². The second-order valence-corrected chi connectivity index (χ2v) is 10.4. The van der Waals surface area contributed by atoms with Gasteiger partial charge in [-0.1, -0.05) is 89.9 Å². The van der Waals surface area contributed by atoms with Crippen molar-refractivity contribution < 1.29 is 9.59 Å². The van der Waals surface area contributed by atoms with Crippen molar-refractivity contribution in [3.63, 3.8) is 0 Å². The van der Waals surface area contributed by atoms with E-state index in [2.05, 4.69) is 5.32 Å². The summed E-state index contributed by atoms with van der Waals surface area (Å²) in [4.78, 5) is 28.6. The molecule has 2 amide bonds. The molecule has 0 saturated carbocycles. The van der Waals surface area contributed by atoms with Gasteiger partial charge >= 0.3 is 0 Å².